The molecule has 2 rings (SSSR count). The van der Waals surface area contributed by atoms with Crippen molar-refractivity contribution in [1.82, 2.24) is 10.2 Å². The molecule has 110 valence electrons. The smallest absolute Gasteiger partial charge is 0.228 e. The van der Waals surface area contributed by atoms with E-state index in [9.17, 15) is 4.79 Å². The van der Waals surface area contributed by atoms with Gasteiger partial charge in [-0.2, -0.15) is 0 Å². The van der Waals surface area contributed by atoms with Crippen LogP contribution in [-0.2, 0) is 9.53 Å². The summed E-state index contributed by atoms with van der Waals surface area (Å²) in [6.45, 7) is 5.85. The molecule has 4 heteroatoms. The van der Waals surface area contributed by atoms with Gasteiger partial charge in [0.1, 0.15) is 0 Å². The van der Waals surface area contributed by atoms with E-state index in [1.807, 2.05) is 7.05 Å². The Morgan fingerprint density at radius 2 is 2.05 bits per heavy atom. The fraction of sp³-hybridized carbons (Fsp3) is 0.933. The zero-order valence-electron chi connectivity index (χ0n) is 12.4. The van der Waals surface area contributed by atoms with Crippen LogP contribution in [0, 0.1) is 11.8 Å². The van der Waals surface area contributed by atoms with Gasteiger partial charge in [0, 0.05) is 19.7 Å². The van der Waals surface area contributed by atoms with Gasteiger partial charge in [-0.25, -0.2) is 0 Å². The Kier molecular flexibility index (Phi) is 5.64. The van der Waals surface area contributed by atoms with Crippen molar-refractivity contribution < 1.29 is 9.53 Å². The maximum Gasteiger partial charge on any atom is 0.228 e. The summed E-state index contributed by atoms with van der Waals surface area (Å²) < 4.78 is 5.65. The predicted molar refractivity (Wildman–Crippen MR) is 76.0 cm³/mol. The third kappa shape index (κ3) is 3.69. The molecule has 2 fully saturated rings. The first-order valence-electron chi connectivity index (χ1n) is 7.81. The fourth-order valence-electron chi connectivity index (χ4n) is 3.36. The van der Waals surface area contributed by atoms with E-state index in [1.54, 1.807) is 0 Å². The molecule has 2 aliphatic rings. The van der Waals surface area contributed by atoms with Gasteiger partial charge in [-0.15, -0.1) is 0 Å². The van der Waals surface area contributed by atoms with E-state index in [1.165, 1.54) is 6.42 Å². The molecule has 0 saturated carbocycles. The van der Waals surface area contributed by atoms with Crippen LogP contribution in [0.25, 0.3) is 0 Å². The van der Waals surface area contributed by atoms with Crippen LogP contribution >= 0.6 is 0 Å². The maximum absolute atomic E-state index is 12.5. The minimum atomic E-state index is 0.124. The average Bonchev–Trinajstić information content (AvgIpc) is 2.93. The van der Waals surface area contributed by atoms with Gasteiger partial charge in [-0.05, 0) is 51.6 Å². The van der Waals surface area contributed by atoms with Gasteiger partial charge in [0.2, 0.25) is 5.91 Å². The Morgan fingerprint density at radius 1 is 1.32 bits per heavy atom. The van der Waals surface area contributed by atoms with E-state index in [4.69, 9.17) is 4.74 Å². The minimum Gasteiger partial charge on any atom is -0.377 e. The van der Waals surface area contributed by atoms with Crippen LogP contribution in [0.15, 0.2) is 0 Å². The average molecular weight is 268 g/mol. The van der Waals surface area contributed by atoms with E-state index in [-0.39, 0.29) is 12.0 Å². The molecule has 0 aliphatic carbocycles. The minimum absolute atomic E-state index is 0.124. The number of nitrogens with zero attached hydrogens (tertiary/aromatic N) is 1. The molecule has 4 nitrogen and oxygen atoms in total. The number of hydrogen-bond acceptors (Lipinski definition) is 3. The van der Waals surface area contributed by atoms with Crippen molar-refractivity contribution in [1.29, 1.82) is 0 Å². The molecule has 1 N–H and O–H groups in total. The number of likely N-dealkylation sites (tertiary alicyclic amines) is 1. The number of carbonyl (C=O) groups is 1. The van der Waals surface area contributed by atoms with E-state index in [2.05, 4.69) is 17.1 Å². The highest BCUT2D eigenvalue weighted by atomic mass is 16.5. The molecular weight excluding hydrogens is 240 g/mol. The standard InChI is InChI=1S/C15H28N2O2/c1-3-14-13(7-11-19-14)15(18)17-9-5-12(6-10-17)4-8-16-2/h12-14,16H,3-11H2,1-2H3. The molecule has 2 unspecified atom stereocenters. The number of ether oxygens (including phenoxy) is 1. The molecule has 2 heterocycles. The van der Waals surface area contributed by atoms with Crippen molar-refractivity contribution in [3.63, 3.8) is 0 Å². The number of piperidine rings is 1. The zero-order valence-corrected chi connectivity index (χ0v) is 12.4. The van der Waals surface area contributed by atoms with Crippen molar-refractivity contribution in [2.75, 3.05) is 33.3 Å². The molecule has 0 aromatic rings. The summed E-state index contributed by atoms with van der Waals surface area (Å²) in [7, 11) is 2.00. The lowest BCUT2D eigenvalue weighted by atomic mass is 9.91. The van der Waals surface area contributed by atoms with Crippen LogP contribution < -0.4 is 5.32 Å². The van der Waals surface area contributed by atoms with E-state index in [0.717, 1.165) is 57.8 Å². The Balaban J connectivity index is 1.79. The summed E-state index contributed by atoms with van der Waals surface area (Å²) in [4.78, 5) is 14.6. The van der Waals surface area contributed by atoms with Crippen molar-refractivity contribution >= 4 is 5.91 Å². The predicted octanol–water partition coefficient (Wildman–Crippen LogP) is 1.65. The lowest BCUT2D eigenvalue weighted by molar-refractivity contribution is -0.138. The molecule has 1 amide bonds. The van der Waals surface area contributed by atoms with Crippen molar-refractivity contribution in [3.05, 3.63) is 0 Å². The number of carbonyl (C=O) groups excluding carboxylic acids is 1. The normalized spacial score (nSPS) is 28.8. The van der Waals surface area contributed by atoms with Gasteiger partial charge in [0.15, 0.2) is 0 Å². The van der Waals surface area contributed by atoms with Crippen LogP contribution in [0.3, 0.4) is 0 Å². The highest BCUT2D eigenvalue weighted by Crippen LogP contribution is 2.28. The monoisotopic (exact) mass is 268 g/mol. The number of amides is 1. The van der Waals surface area contributed by atoms with E-state index in [0.29, 0.717) is 5.91 Å². The van der Waals surface area contributed by atoms with Gasteiger partial charge in [-0.1, -0.05) is 6.92 Å². The summed E-state index contributed by atoms with van der Waals surface area (Å²) in [6, 6.07) is 0. The molecule has 2 aliphatic heterocycles. The van der Waals surface area contributed by atoms with Gasteiger partial charge >= 0.3 is 0 Å². The lowest BCUT2D eigenvalue weighted by Crippen LogP contribution is -2.44. The van der Waals surface area contributed by atoms with Crippen LogP contribution in [-0.4, -0.2) is 50.2 Å². The van der Waals surface area contributed by atoms with Crippen molar-refractivity contribution in [3.8, 4) is 0 Å². The Labute approximate surface area is 116 Å². The van der Waals surface area contributed by atoms with Gasteiger partial charge in [-0.3, -0.25) is 4.79 Å². The number of hydrogen-bond donors (Lipinski definition) is 1. The Hall–Kier alpha value is -0.610. The molecule has 0 aromatic heterocycles. The maximum atomic E-state index is 12.5. The molecule has 0 aromatic carbocycles. The molecule has 0 spiro atoms. The third-order valence-corrected chi connectivity index (χ3v) is 4.66. The van der Waals surface area contributed by atoms with Crippen LogP contribution in [0.2, 0.25) is 0 Å². The lowest BCUT2D eigenvalue weighted by Gasteiger charge is -2.34. The van der Waals surface area contributed by atoms with Crippen molar-refractivity contribution in [2.24, 2.45) is 11.8 Å². The van der Waals surface area contributed by atoms with Gasteiger partial charge in [0.25, 0.3) is 0 Å². The SMILES string of the molecule is CCC1OCCC1C(=O)N1CCC(CCNC)CC1. The molecule has 0 bridgehead atoms. The molecule has 2 atom stereocenters. The summed E-state index contributed by atoms with van der Waals surface area (Å²) in [5, 5.41) is 3.21. The zero-order chi connectivity index (χ0) is 13.7. The van der Waals surface area contributed by atoms with Crippen LogP contribution in [0.4, 0.5) is 0 Å². The molecule has 19 heavy (non-hydrogen) atoms. The molecular formula is C15H28N2O2. The molecule has 0 radical (unpaired) electrons. The highest BCUT2D eigenvalue weighted by Gasteiger charge is 2.36. The van der Waals surface area contributed by atoms with E-state index < -0.39 is 0 Å². The Bertz CT molecular complexity index is 288. The fourth-order valence-corrected chi connectivity index (χ4v) is 3.36. The second kappa shape index (κ2) is 7.25. The van der Waals surface area contributed by atoms with Crippen LogP contribution in [0.1, 0.15) is 39.0 Å². The first-order chi connectivity index (χ1) is 9.26. The van der Waals surface area contributed by atoms with E-state index >= 15 is 0 Å². The highest BCUT2D eigenvalue weighted by molar-refractivity contribution is 5.79. The summed E-state index contributed by atoms with van der Waals surface area (Å²) >= 11 is 0. The quantitative estimate of drug-likeness (QED) is 0.824. The second-order valence-corrected chi connectivity index (χ2v) is 5.87. The van der Waals surface area contributed by atoms with Gasteiger partial charge < -0.3 is 15.0 Å². The number of rotatable bonds is 5. The van der Waals surface area contributed by atoms with Crippen molar-refractivity contribution in [2.45, 2.75) is 45.1 Å². The Morgan fingerprint density at radius 3 is 2.68 bits per heavy atom. The first kappa shape index (κ1) is 14.8. The van der Waals surface area contributed by atoms with Gasteiger partial charge in [0.05, 0.1) is 12.0 Å². The number of nitrogens with one attached hydrogen (secondary N) is 1. The summed E-state index contributed by atoms with van der Waals surface area (Å²) in [6.07, 6.45) is 5.60. The second-order valence-electron chi connectivity index (χ2n) is 5.87. The first-order valence-corrected chi connectivity index (χ1v) is 7.81. The molecule has 2 saturated heterocycles. The third-order valence-electron chi connectivity index (χ3n) is 4.66. The largest absolute Gasteiger partial charge is 0.377 e. The summed E-state index contributed by atoms with van der Waals surface area (Å²) in [5.74, 6) is 1.26. The summed E-state index contributed by atoms with van der Waals surface area (Å²) in [5.41, 5.74) is 0. The van der Waals surface area contributed by atoms with Crippen LogP contribution in [0.5, 0.6) is 0 Å². The topological polar surface area (TPSA) is 41.6 Å².